The Morgan fingerprint density at radius 2 is 1.68 bits per heavy atom. The van der Waals surface area contributed by atoms with Gasteiger partial charge in [0.15, 0.2) is 0 Å². The van der Waals surface area contributed by atoms with E-state index in [9.17, 15) is 24.4 Å². The highest BCUT2D eigenvalue weighted by molar-refractivity contribution is 5.95. The van der Waals surface area contributed by atoms with E-state index in [2.05, 4.69) is 10.6 Å². The minimum absolute atomic E-state index is 0.236. The Hall–Kier alpha value is -3.61. The Labute approximate surface area is 200 Å². The molecule has 0 radical (unpaired) electrons. The van der Waals surface area contributed by atoms with Crippen molar-refractivity contribution in [1.82, 2.24) is 15.5 Å². The highest BCUT2D eigenvalue weighted by atomic mass is 16.6. The molecule has 1 aromatic carbocycles. The highest BCUT2D eigenvalue weighted by Gasteiger charge is 2.38. The second-order valence-corrected chi connectivity index (χ2v) is 9.36. The van der Waals surface area contributed by atoms with Gasteiger partial charge >= 0.3 is 6.09 Å². The number of primary amides is 1. The van der Waals surface area contributed by atoms with Gasteiger partial charge in [0.05, 0.1) is 12.5 Å². The SMILES string of the molecule is Cc1cccc(C)c1C(C(=O)NC(C)C)N(CC#N)C(=O)C(CC(N)=O)NC(=O)OC(C)(C)C. The first-order valence-corrected chi connectivity index (χ1v) is 11.0. The van der Waals surface area contributed by atoms with Crippen molar-refractivity contribution in [2.45, 2.75) is 78.6 Å². The fourth-order valence-electron chi connectivity index (χ4n) is 3.47. The Morgan fingerprint density at radius 3 is 2.12 bits per heavy atom. The fourth-order valence-corrected chi connectivity index (χ4v) is 3.47. The third-order valence-electron chi connectivity index (χ3n) is 4.73. The smallest absolute Gasteiger partial charge is 0.408 e. The van der Waals surface area contributed by atoms with Gasteiger partial charge in [-0.05, 0) is 65.2 Å². The third kappa shape index (κ3) is 8.39. The summed E-state index contributed by atoms with van der Waals surface area (Å²) in [7, 11) is 0. The number of carbonyl (C=O) groups is 4. The Morgan fingerprint density at radius 1 is 1.12 bits per heavy atom. The van der Waals surface area contributed by atoms with Gasteiger partial charge in [0.1, 0.15) is 24.2 Å². The van der Waals surface area contributed by atoms with Crippen LogP contribution in [0.2, 0.25) is 0 Å². The first-order chi connectivity index (χ1) is 15.7. The molecule has 4 N–H and O–H groups in total. The van der Waals surface area contributed by atoms with Gasteiger partial charge in [-0.2, -0.15) is 5.26 Å². The molecular weight excluding hydrogens is 438 g/mol. The van der Waals surface area contributed by atoms with Crippen molar-refractivity contribution < 1.29 is 23.9 Å². The zero-order valence-corrected chi connectivity index (χ0v) is 20.9. The van der Waals surface area contributed by atoms with E-state index in [4.69, 9.17) is 10.5 Å². The number of nitrogens with two attached hydrogens (primary N) is 1. The summed E-state index contributed by atoms with van der Waals surface area (Å²) in [5, 5.41) is 14.7. The molecule has 186 valence electrons. The normalized spacial score (nSPS) is 12.8. The molecule has 2 atom stereocenters. The molecule has 0 heterocycles. The first-order valence-electron chi connectivity index (χ1n) is 11.0. The molecular formula is C24H35N5O5. The lowest BCUT2D eigenvalue weighted by Crippen LogP contribution is -2.54. The van der Waals surface area contributed by atoms with Crippen LogP contribution in [0.25, 0.3) is 0 Å². The summed E-state index contributed by atoms with van der Waals surface area (Å²) in [6.07, 6.45) is -1.47. The molecule has 4 amide bonds. The summed E-state index contributed by atoms with van der Waals surface area (Å²) in [5.41, 5.74) is 6.51. The molecule has 0 saturated heterocycles. The number of aryl methyl sites for hydroxylation is 2. The topological polar surface area (TPSA) is 155 Å². The predicted molar refractivity (Wildman–Crippen MR) is 126 cm³/mol. The van der Waals surface area contributed by atoms with Gasteiger partial charge in [0, 0.05) is 6.04 Å². The number of ether oxygens (including phenoxy) is 1. The van der Waals surface area contributed by atoms with Crippen molar-refractivity contribution in [2.24, 2.45) is 5.73 Å². The maximum Gasteiger partial charge on any atom is 0.408 e. The van der Waals surface area contributed by atoms with Crippen LogP contribution in [0.4, 0.5) is 4.79 Å². The number of hydrogen-bond donors (Lipinski definition) is 3. The Balaban J connectivity index is 3.55. The number of rotatable bonds is 9. The third-order valence-corrected chi connectivity index (χ3v) is 4.73. The number of nitriles is 1. The van der Waals surface area contributed by atoms with Crippen LogP contribution in [-0.2, 0) is 19.1 Å². The molecule has 2 unspecified atom stereocenters. The molecule has 0 aliphatic rings. The van der Waals surface area contributed by atoms with Crippen LogP contribution < -0.4 is 16.4 Å². The van der Waals surface area contributed by atoms with Crippen LogP contribution >= 0.6 is 0 Å². The minimum atomic E-state index is -1.43. The predicted octanol–water partition coefficient (Wildman–Crippen LogP) is 1.99. The zero-order valence-electron chi connectivity index (χ0n) is 20.9. The van der Waals surface area contributed by atoms with Crippen LogP contribution in [0.5, 0.6) is 0 Å². The molecule has 0 aromatic heterocycles. The lowest BCUT2D eigenvalue weighted by atomic mass is 9.93. The van der Waals surface area contributed by atoms with Gasteiger partial charge in [0.25, 0.3) is 0 Å². The number of alkyl carbamates (subject to hydrolysis) is 1. The van der Waals surface area contributed by atoms with E-state index in [0.717, 1.165) is 16.0 Å². The molecule has 34 heavy (non-hydrogen) atoms. The summed E-state index contributed by atoms with van der Waals surface area (Å²) < 4.78 is 5.21. The van der Waals surface area contributed by atoms with Crippen LogP contribution in [0.15, 0.2) is 18.2 Å². The van der Waals surface area contributed by atoms with E-state index in [1.165, 1.54) is 0 Å². The number of amides is 4. The standard InChI is InChI=1S/C24H35N5O5/c1-14(2)27-21(31)20(19-15(3)9-8-10-16(19)4)29(12-11-25)22(32)17(13-18(26)30)28-23(33)34-24(5,6)7/h8-10,14,17,20H,12-13H2,1-7H3,(H2,26,30)(H,27,31)(H,28,33). The number of benzene rings is 1. The molecule has 10 nitrogen and oxygen atoms in total. The largest absolute Gasteiger partial charge is 0.444 e. The van der Waals surface area contributed by atoms with Gasteiger partial charge in [-0.3, -0.25) is 14.4 Å². The summed E-state index contributed by atoms with van der Waals surface area (Å²) in [6.45, 7) is 11.6. The van der Waals surface area contributed by atoms with Crippen LogP contribution in [-0.4, -0.2) is 52.9 Å². The van der Waals surface area contributed by atoms with Crippen molar-refractivity contribution in [3.8, 4) is 6.07 Å². The monoisotopic (exact) mass is 473 g/mol. The molecule has 0 aliphatic carbocycles. The molecule has 0 bridgehead atoms. The lowest BCUT2D eigenvalue weighted by molar-refractivity contribution is -0.142. The molecule has 1 rings (SSSR count). The van der Waals surface area contributed by atoms with Crippen LogP contribution in [0.3, 0.4) is 0 Å². The van der Waals surface area contributed by atoms with Crippen molar-refractivity contribution in [3.63, 3.8) is 0 Å². The summed E-state index contributed by atoms with van der Waals surface area (Å²) in [5.74, 6) is -2.15. The van der Waals surface area contributed by atoms with Crippen molar-refractivity contribution in [2.75, 3.05) is 6.54 Å². The second-order valence-electron chi connectivity index (χ2n) is 9.36. The number of carbonyl (C=O) groups excluding carboxylic acids is 4. The zero-order chi connectivity index (χ0) is 26.2. The molecule has 0 saturated carbocycles. The molecule has 0 aliphatic heterocycles. The molecule has 0 fully saturated rings. The van der Waals surface area contributed by atoms with E-state index < -0.39 is 54.5 Å². The summed E-state index contributed by atoms with van der Waals surface area (Å²) in [6, 6.07) is 4.49. The average molecular weight is 474 g/mol. The van der Waals surface area contributed by atoms with Gasteiger partial charge in [-0.15, -0.1) is 0 Å². The lowest BCUT2D eigenvalue weighted by Gasteiger charge is -2.34. The van der Waals surface area contributed by atoms with E-state index in [0.29, 0.717) is 5.56 Å². The Bertz CT molecular complexity index is 941. The summed E-state index contributed by atoms with van der Waals surface area (Å²) in [4.78, 5) is 52.1. The van der Waals surface area contributed by atoms with Gasteiger partial charge in [0.2, 0.25) is 17.7 Å². The maximum absolute atomic E-state index is 13.6. The maximum atomic E-state index is 13.6. The van der Waals surface area contributed by atoms with Gasteiger partial charge in [-0.25, -0.2) is 4.79 Å². The van der Waals surface area contributed by atoms with E-state index >= 15 is 0 Å². The second kappa shape index (κ2) is 12.0. The van der Waals surface area contributed by atoms with Crippen LogP contribution in [0.1, 0.15) is 63.8 Å². The quantitative estimate of drug-likeness (QED) is 0.466. The molecule has 10 heteroatoms. The van der Waals surface area contributed by atoms with Gasteiger partial charge < -0.3 is 26.0 Å². The highest BCUT2D eigenvalue weighted by Crippen LogP contribution is 2.28. The van der Waals surface area contributed by atoms with Crippen molar-refractivity contribution in [1.29, 1.82) is 5.26 Å². The number of hydrogen-bond acceptors (Lipinski definition) is 6. The molecule has 1 aromatic rings. The average Bonchev–Trinajstić information content (AvgIpc) is 2.66. The van der Waals surface area contributed by atoms with Crippen LogP contribution in [0, 0.1) is 25.2 Å². The van der Waals surface area contributed by atoms with E-state index in [1.807, 2.05) is 12.1 Å². The fraction of sp³-hybridized carbons (Fsp3) is 0.542. The Kier molecular flexibility index (Phi) is 10.0. The first kappa shape index (κ1) is 28.4. The summed E-state index contributed by atoms with van der Waals surface area (Å²) >= 11 is 0. The van der Waals surface area contributed by atoms with Crippen molar-refractivity contribution >= 4 is 23.8 Å². The van der Waals surface area contributed by atoms with E-state index in [1.54, 1.807) is 60.6 Å². The van der Waals surface area contributed by atoms with Crippen molar-refractivity contribution in [3.05, 3.63) is 34.9 Å². The minimum Gasteiger partial charge on any atom is -0.444 e. The van der Waals surface area contributed by atoms with Gasteiger partial charge in [-0.1, -0.05) is 18.2 Å². The van der Waals surface area contributed by atoms with E-state index in [-0.39, 0.29) is 6.04 Å². The number of nitrogens with one attached hydrogen (secondary N) is 2. The number of nitrogens with zero attached hydrogens (tertiary/aromatic N) is 2. The molecule has 0 spiro atoms.